The number of hydrogen-bond acceptors (Lipinski definition) is 14. The summed E-state index contributed by atoms with van der Waals surface area (Å²) in [5.74, 6) is -7.43. The second-order valence-corrected chi connectivity index (χ2v) is 12.6. The predicted octanol–water partition coefficient (Wildman–Crippen LogP) is 0.329. The van der Waals surface area contributed by atoms with Gasteiger partial charge in [-0.3, -0.25) is 28.8 Å². The molecule has 4 bridgehead atoms. The van der Waals surface area contributed by atoms with Gasteiger partial charge in [-0.25, -0.2) is 0 Å². The highest BCUT2D eigenvalue weighted by atomic mass is 16.6. The van der Waals surface area contributed by atoms with Crippen molar-refractivity contribution >= 4 is 35.6 Å². The molecular formula is C30H40O14. The van der Waals surface area contributed by atoms with E-state index in [2.05, 4.69) is 6.58 Å². The fourth-order valence-electron chi connectivity index (χ4n) is 8.51. The van der Waals surface area contributed by atoms with Gasteiger partial charge in [-0.1, -0.05) is 13.5 Å². The van der Waals surface area contributed by atoms with Crippen LogP contribution in [0.25, 0.3) is 0 Å². The number of esters is 5. The topological polar surface area (TPSA) is 198 Å². The predicted molar refractivity (Wildman–Crippen MR) is 145 cm³/mol. The van der Waals surface area contributed by atoms with Gasteiger partial charge in [-0.2, -0.15) is 0 Å². The quantitative estimate of drug-likeness (QED) is 0.233. The molecule has 0 aromatic rings. The second-order valence-electron chi connectivity index (χ2n) is 12.6. The summed E-state index contributed by atoms with van der Waals surface area (Å²) in [5, 5.41) is 22.7. The fourth-order valence-corrected chi connectivity index (χ4v) is 8.51. The van der Waals surface area contributed by atoms with E-state index in [1.165, 1.54) is 6.92 Å². The summed E-state index contributed by atoms with van der Waals surface area (Å²) in [4.78, 5) is 78.1. The largest absolute Gasteiger partial charge is 0.462 e. The standard InChI is InChI=1S/C30H40O14/c1-13-20(37)10-22(40-14(2)32)29(11-31)23(13)24(41-15(3)33)19-9-21(38)28(8)30(44-18(6)36,27(19,7)12-39-28)26(43-17(5)35)25(29)42-16(4)34/h19-20,22-26,31,37H,1,9-12H2,2-8H3/t19-,20-,22-,23-,24+,25-,26-,27+,28-,29+,30-/m0/s1. The SMILES string of the molecule is C=C1[C@@H](O)C[C@H](OC(C)=O)[C@@]2(CO)[C@@H](OC(C)=O)[C@H](OC(C)=O)[C@@]3(OC(C)=O)[C@@]4(C)OC[C@]3(C)[C@@H](CC4=O)[C@@H](OC(C)=O)[C@H]12. The minimum absolute atomic E-state index is 0.0238. The van der Waals surface area contributed by atoms with Crippen molar-refractivity contribution < 1.29 is 67.4 Å². The number of rotatable bonds is 6. The summed E-state index contributed by atoms with van der Waals surface area (Å²) in [6, 6.07) is 0. The van der Waals surface area contributed by atoms with E-state index in [0.717, 1.165) is 34.6 Å². The number of ketones is 1. The Morgan fingerprint density at radius 2 is 1.43 bits per heavy atom. The van der Waals surface area contributed by atoms with Crippen LogP contribution in [0.4, 0.5) is 0 Å². The normalized spacial score (nSPS) is 42.6. The molecule has 44 heavy (non-hydrogen) atoms. The maximum absolute atomic E-state index is 14.1. The molecule has 0 aromatic carbocycles. The Kier molecular flexibility index (Phi) is 8.55. The lowest BCUT2D eigenvalue weighted by Gasteiger charge is -2.65. The first-order chi connectivity index (χ1) is 20.3. The molecule has 0 unspecified atom stereocenters. The second kappa shape index (κ2) is 11.2. The van der Waals surface area contributed by atoms with Crippen LogP contribution >= 0.6 is 0 Å². The molecule has 3 saturated carbocycles. The van der Waals surface area contributed by atoms with E-state index >= 15 is 0 Å². The third-order valence-electron chi connectivity index (χ3n) is 10.1. The Hall–Kier alpha value is -3.36. The molecular weight excluding hydrogens is 584 g/mol. The van der Waals surface area contributed by atoms with Crippen molar-refractivity contribution in [3.05, 3.63) is 12.2 Å². The van der Waals surface area contributed by atoms with E-state index in [1.807, 2.05) is 0 Å². The third kappa shape index (κ3) is 4.55. The van der Waals surface area contributed by atoms with Crippen molar-refractivity contribution in [2.24, 2.45) is 22.7 Å². The molecule has 11 atom stereocenters. The Morgan fingerprint density at radius 3 is 1.93 bits per heavy atom. The highest BCUT2D eigenvalue weighted by Crippen LogP contribution is 2.68. The zero-order valence-electron chi connectivity index (χ0n) is 25.9. The number of Topliss-reactive ketones (excluding diaryl/α,β-unsaturated/α-hetero) is 1. The van der Waals surface area contributed by atoms with Crippen LogP contribution in [-0.2, 0) is 57.2 Å². The van der Waals surface area contributed by atoms with E-state index in [4.69, 9.17) is 28.4 Å². The average molecular weight is 625 g/mol. The molecule has 1 aliphatic heterocycles. The molecule has 14 nitrogen and oxygen atoms in total. The minimum atomic E-state index is -2.23. The molecule has 0 amide bonds. The van der Waals surface area contributed by atoms with Crippen LogP contribution in [0, 0.1) is 22.7 Å². The van der Waals surface area contributed by atoms with Crippen molar-refractivity contribution in [3.63, 3.8) is 0 Å². The number of aliphatic hydroxyl groups excluding tert-OH is 2. The maximum atomic E-state index is 14.1. The van der Waals surface area contributed by atoms with Crippen LogP contribution in [0.5, 0.6) is 0 Å². The van der Waals surface area contributed by atoms with Crippen LogP contribution in [0.2, 0.25) is 0 Å². The van der Waals surface area contributed by atoms with Gasteiger partial charge in [0.25, 0.3) is 0 Å². The van der Waals surface area contributed by atoms with E-state index < -0.39 is 107 Å². The van der Waals surface area contributed by atoms with Crippen molar-refractivity contribution in [1.82, 2.24) is 0 Å². The lowest BCUT2D eigenvalue weighted by atomic mass is 9.43. The number of ether oxygens (including phenoxy) is 6. The molecule has 2 N–H and O–H groups in total. The number of fused-ring (bicyclic) bond motifs is 1. The number of hydrogen-bond donors (Lipinski definition) is 2. The monoisotopic (exact) mass is 624 g/mol. The van der Waals surface area contributed by atoms with Gasteiger partial charge < -0.3 is 38.6 Å². The molecule has 0 radical (unpaired) electrons. The lowest BCUT2D eigenvalue weighted by Crippen LogP contribution is -2.82. The molecule has 4 rings (SSSR count). The summed E-state index contributed by atoms with van der Waals surface area (Å²) >= 11 is 0. The van der Waals surface area contributed by atoms with Crippen LogP contribution in [0.1, 0.15) is 61.3 Å². The van der Waals surface area contributed by atoms with Crippen LogP contribution in [-0.4, -0.2) is 101 Å². The van der Waals surface area contributed by atoms with Gasteiger partial charge in [-0.05, 0) is 12.5 Å². The molecule has 1 saturated heterocycles. The highest BCUT2D eigenvalue weighted by molar-refractivity contribution is 5.92. The molecule has 4 aliphatic rings. The Balaban J connectivity index is 2.25. The van der Waals surface area contributed by atoms with Crippen LogP contribution in [0.3, 0.4) is 0 Å². The van der Waals surface area contributed by atoms with E-state index in [9.17, 15) is 39.0 Å². The summed E-state index contributed by atoms with van der Waals surface area (Å²) in [7, 11) is 0. The van der Waals surface area contributed by atoms with Gasteiger partial charge in [0.1, 0.15) is 12.2 Å². The summed E-state index contributed by atoms with van der Waals surface area (Å²) < 4.78 is 35.7. The summed E-state index contributed by atoms with van der Waals surface area (Å²) in [6.07, 6.45) is -8.59. The minimum Gasteiger partial charge on any atom is -0.462 e. The lowest BCUT2D eigenvalue weighted by molar-refractivity contribution is -0.305. The van der Waals surface area contributed by atoms with Gasteiger partial charge in [0.15, 0.2) is 29.2 Å². The third-order valence-corrected chi connectivity index (χ3v) is 10.1. The first-order valence-corrected chi connectivity index (χ1v) is 14.4. The first kappa shape index (κ1) is 33.5. The highest BCUT2D eigenvalue weighted by Gasteiger charge is 2.85. The molecule has 3 aliphatic carbocycles. The Bertz CT molecular complexity index is 1290. The first-order valence-electron chi connectivity index (χ1n) is 14.4. The van der Waals surface area contributed by atoms with Gasteiger partial charge in [-0.15, -0.1) is 0 Å². The van der Waals surface area contributed by atoms with Crippen LogP contribution < -0.4 is 0 Å². The number of carbonyl (C=O) groups excluding carboxylic acids is 6. The summed E-state index contributed by atoms with van der Waals surface area (Å²) in [6.45, 7) is 11.2. The zero-order valence-corrected chi connectivity index (χ0v) is 25.9. The molecule has 0 spiro atoms. The molecule has 1 heterocycles. The van der Waals surface area contributed by atoms with Crippen molar-refractivity contribution in [3.8, 4) is 0 Å². The van der Waals surface area contributed by atoms with Gasteiger partial charge in [0, 0.05) is 64.7 Å². The maximum Gasteiger partial charge on any atom is 0.303 e. The number of aliphatic hydroxyl groups is 2. The fraction of sp³-hybridized carbons (Fsp3) is 0.733. The van der Waals surface area contributed by atoms with Crippen molar-refractivity contribution in [1.29, 1.82) is 0 Å². The van der Waals surface area contributed by atoms with E-state index in [-0.39, 0.29) is 25.0 Å². The Morgan fingerprint density at radius 1 is 0.886 bits per heavy atom. The van der Waals surface area contributed by atoms with Crippen molar-refractivity contribution in [2.75, 3.05) is 13.2 Å². The van der Waals surface area contributed by atoms with Gasteiger partial charge >= 0.3 is 29.8 Å². The van der Waals surface area contributed by atoms with Crippen LogP contribution in [0.15, 0.2) is 12.2 Å². The smallest absolute Gasteiger partial charge is 0.303 e. The average Bonchev–Trinajstić information content (AvgIpc) is 3.05. The molecule has 0 aromatic heterocycles. The molecule has 4 fully saturated rings. The van der Waals surface area contributed by atoms with Crippen molar-refractivity contribution in [2.45, 2.75) is 103 Å². The molecule has 14 heteroatoms. The number of carbonyl (C=O) groups is 6. The Labute approximate surface area is 254 Å². The summed E-state index contributed by atoms with van der Waals surface area (Å²) in [5.41, 5.74) is -7.72. The zero-order chi connectivity index (χ0) is 33.2. The van der Waals surface area contributed by atoms with E-state index in [1.54, 1.807) is 6.92 Å². The van der Waals surface area contributed by atoms with E-state index in [0.29, 0.717) is 0 Å². The van der Waals surface area contributed by atoms with Gasteiger partial charge in [0.05, 0.1) is 24.7 Å². The molecule has 244 valence electrons. The van der Waals surface area contributed by atoms with Gasteiger partial charge in [0.2, 0.25) is 0 Å².